The molecule has 0 radical (unpaired) electrons. The first-order chi connectivity index (χ1) is 14.0. The third-order valence-corrected chi connectivity index (χ3v) is 9.83. The fraction of sp³-hybridized carbons (Fsp3) is 0.692. The molecule has 3 heteroatoms. The van der Waals surface area contributed by atoms with Gasteiger partial charge in [0.2, 0.25) is 0 Å². The van der Waals surface area contributed by atoms with Gasteiger partial charge in [-0.2, -0.15) is 10.2 Å². The van der Waals surface area contributed by atoms with E-state index in [4.69, 9.17) is 16.7 Å². The van der Waals surface area contributed by atoms with Gasteiger partial charge in [0.25, 0.3) is 0 Å². The third-order valence-electron chi connectivity index (χ3n) is 9.58. The van der Waals surface area contributed by atoms with Gasteiger partial charge in [-0.3, -0.25) is 0 Å². The van der Waals surface area contributed by atoms with E-state index >= 15 is 0 Å². The van der Waals surface area contributed by atoms with Crippen molar-refractivity contribution in [2.24, 2.45) is 44.7 Å². The molecule has 156 valence electrons. The van der Waals surface area contributed by atoms with Crippen LogP contribution >= 0.6 is 11.6 Å². The quantitative estimate of drug-likeness (QED) is 0.355. The van der Waals surface area contributed by atoms with Crippen LogP contribution in [0, 0.1) is 34.5 Å². The fourth-order valence-corrected chi connectivity index (χ4v) is 8.09. The predicted molar refractivity (Wildman–Crippen MR) is 123 cm³/mol. The van der Waals surface area contributed by atoms with Gasteiger partial charge in [-0.15, -0.1) is 0 Å². The molecule has 0 N–H and O–H groups in total. The number of nitrogens with zero attached hydrogens (tertiary/aromatic N) is 2. The highest BCUT2D eigenvalue weighted by atomic mass is 35.5. The molecule has 1 aromatic carbocycles. The number of benzene rings is 1. The van der Waals surface area contributed by atoms with E-state index in [9.17, 15) is 0 Å². The van der Waals surface area contributed by atoms with Gasteiger partial charge >= 0.3 is 0 Å². The van der Waals surface area contributed by atoms with Gasteiger partial charge in [-0.25, -0.2) is 0 Å². The molecule has 4 aliphatic rings. The van der Waals surface area contributed by atoms with E-state index in [1.54, 1.807) is 0 Å². The van der Waals surface area contributed by atoms with Gasteiger partial charge in [0.05, 0.1) is 6.21 Å². The van der Waals surface area contributed by atoms with Gasteiger partial charge in [0.15, 0.2) is 0 Å². The fourth-order valence-electron chi connectivity index (χ4n) is 7.96. The Balaban J connectivity index is 1.35. The molecule has 4 aliphatic carbocycles. The van der Waals surface area contributed by atoms with Gasteiger partial charge in [-0.05, 0) is 98.1 Å². The largest absolute Gasteiger partial charge is 0.160 e. The van der Waals surface area contributed by atoms with E-state index in [2.05, 4.69) is 18.9 Å². The molecule has 0 bridgehead atoms. The minimum atomic E-state index is 0.274. The van der Waals surface area contributed by atoms with Crippen molar-refractivity contribution in [2.45, 2.75) is 78.1 Å². The van der Waals surface area contributed by atoms with Crippen LogP contribution < -0.4 is 0 Å². The second-order valence-electron chi connectivity index (χ2n) is 10.7. The van der Waals surface area contributed by atoms with E-state index in [0.717, 1.165) is 40.7 Å². The molecule has 2 nitrogen and oxygen atoms in total. The number of hydrogen-bond acceptors (Lipinski definition) is 2. The number of halogens is 1. The Morgan fingerprint density at radius 1 is 0.931 bits per heavy atom. The number of rotatable bonds is 2. The SMILES string of the molecule is C[C@]12CCCCC1CCC1C2CC[C@]2(C)/C(=N/N=C/c3ccc(Cl)cc3)CCC12. The Morgan fingerprint density at radius 2 is 1.76 bits per heavy atom. The lowest BCUT2D eigenvalue weighted by Crippen LogP contribution is -2.52. The molecule has 5 rings (SSSR count). The predicted octanol–water partition coefficient (Wildman–Crippen LogP) is 7.55. The van der Waals surface area contributed by atoms with Gasteiger partial charge in [0, 0.05) is 16.1 Å². The highest BCUT2D eigenvalue weighted by molar-refractivity contribution is 6.30. The van der Waals surface area contributed by atoms with Crippen molar-refractivity contribution in [1.29, 1.82) is 0 Å². The van der Waals surface area contributed by atoms with Crippen molar-refractivity contribution in [3.05, 3.63) is 34.9 Å². The lowest BCUT2D eigenvalue weighted by molar-refractivity contribution is -0.0936. The van der Waals surface area contributed by atoms with Crippen LogP contribution in [0.4, 0.5) is 0 Å². The molecule has 0 saturated heterocycles. The molecule has 0 amide bonds. The maximum absolute atomic E-state index is 5.98. The third kappa shape index (κ3) is 3.30. The molecule has 0 heterocycles. The Labute approximate surface area is 181 Å². The van der Waals surface area contributed by atoms with Crippen LogP contribution in [-0.4, -0.2) is 11.9 Å². The molecule has 0 aromatic heterocycles. The smallest absolute Gasteiger partial charge is 0.0568 e. The Bertz CT molecular complexity index is 813. The maximum Gasteiger partial charge on any atom is 0.0568 e. The molecule has 0 aliphatic heterocycles. The number of hydrogen-bond donors (Lipinski definition) is 0. The summed E-state index contributed by atoms with van der Waals surface area (Å²) in [5.41, 5.74) is 3.32. The molecular weight excluding hydrogens is 376 g/mol. The first-order valence-electron chi connectivity index (χ1n) is 11.9. The van der Waals surface area contributed by atoms with E-state index in [1.165, 1.54) is 63.5 Å². The van der Waals surface area contributed by atoms with Crippen LogP contribution in [0.1, 0.15) is 83.6 Å². The molecule has 0 spiro atoms. The molecular formula is C26H35ClN2. The molecule has 4 saturated carbocycles. The zero-order chi connectivity index (χ0) is 20.1. The standard InChI is InChI=1S/C26H35ClN2/c1-25-15-4-3-5-19(25)8-11-21-22-12-13-24(26(22,2)16-14-23(21)25)29-28-17-18-6-9-20(27)10-7-18/h6-7,9-10,17,19,21-23H,3-5,8,11-16H2,1-2H3/b28-17+,29-24+/t19?,21?,22?,23?,25-,26-/m0/s1. The second kappa shape index (κ2) is 7.52. The highest BCUT2D eigenvalue weighted by Gasteiger charge is 2.58. The Morgan fingerprint density at radius 3 is 2.59 bits per heavy atom. The summed E-state index contributed by atoms with van der Waals surface area (Å²) < 4.78 is 0. The minimum absolute atomic E-state index is 0.274. The average molecular weight is 411 g/mol. The summed E-state index contributed by atoms with van der Waals surface area (Å²) in [7, 11) is 0. The molecule has 1 aromatic rings. The van der Waals surface area contributed by atoms with Crippen molar-refractivity contribution in [1.82, 2.24) is 0 Å². The summed E-state index contributed by atoms with van der Waals surface area (Å²) in [4.78, 5) is 0. The van der Waals surface area contributed by atoms with E-state index in [1.807, 2.05) is 30.5 Å². The molecule has 6 atom stereocenters. The Hall–Kier alpha value is -1.15. The summed E-state index contributed by atoms with van der Waals surface area (Å²) >= 11 is 5.98. The molecule has 4 unspecified atom stereocenters. The minimum Gasteiger partial charge on any atom is -0.160 e. The van der Waals surface area contributed by atoms with Crippen molar-refractivity contribution >= 4 is 23.5 Å². The van der Waals surface area contributed by atoms with Crippen molar-refractivity contribution in [2.75, 3.05) is 0 Å². The lowest BCUT2D eigenvalue weighted by atomic mass is 9.45. The van der Waals surface area contributed by atoms with Crippen LogP contribution in [0.3, 0.4) is 0 Å². The average Bonchev–Trinajstić information content (AvgIpc) is 3.05. The van der Waals surface area contributed by atoms with Crippen LogP contribution in [0.15, 0.2) is 34.5 Å². The summed E-state index contributed by atoms with van der Waals surface area (Å²) in [6.45, 7) is 5.17. The van der Waals surface area contributed by atoms with Crippen molar-refractivity contribution < 1.29 is 0 Å². The topological polar surface area (TPSA) is 24.7 Å². The maximum atomic E-state index is 5.98. The van der Waals surface area contributed by atoms with E-state index in [0.29, 0.717) is 5.41 Å². The zero-order valence-electron chi connectivity index (χ0n) is 18.0. The van der Waals surface area contributed by atoms with Crippen LogP contribution in [0.2, 0.25) is 5.02 Å². The molecule has 29 heavy (non-hydrogen) atoms. The summed E-state index contributed by atoms with van der Waals surface area (Å²) in [5.74, 6) is 3.70. The summed E-state index contributed by atoms with van der Waals surface area (Å²) in [6.07, 6.45) is 15.9. The first kappa shape index (κ1) is 19.8. The summed E-state index contributed by atoms with van der Waals surface area (Å²) in [5, 5.41) is 10.0. The highest BCUT2D eigenvalue weighted by Crippen LogP contribution is 2.65. The molecule has 4 fully saturated rings. The van der Waals surface area contributed by atoms with E-state index < -0.39 is 0 Å². The van der Waals surface area contributed by atoms with Crippen LogP contribution in [0.25, 0.3) is 0 Å². The van der Waals surface area contributed by atoms with Crippen LogP contribution in [-0.2, 0) is 0 Å². The zero-order valence-corrected chi connectivity index (χ0v) is 18.8. The van der Waals surface area contributed by atoms with Gasteiger partial charge < -0.3 is 0 Å². The van der Waals surface area contributed by atoms with Crippen molar-refractivity contribution in [3.8, 4) is 0 Å². The first-order valence-corrected chi connectivity index (χ1v) is 12.2. The monoisotopic (exact) mass is 410 g/mol. The lowest BCUT2D eigenvalue weighted by Gasteiger charge is -2.59. The normalized spacial score (nSPS) is 43.2. The van der Waals surface area contributed by atoms with Crippen molar-refractivity contribution in [3.63, 3.8) is 0 Å². The summed E-state index contributed by atoms with van der Waals surface area (Å²) in [6, 6.07) is 7.82. The second-order valence-corrected chi connectivity index (χ2v) is 11.2. The number of fused-ring (bicyclic) bond motifs is 5. The van der Waals surface area contributed by atoms with Crippen LogP contribution in [0.5, 0.6) is 0 Å². The van der Waals surface area contributed by atoms with E-state index in [-0.39, 0.29) is 5.41 Å². The Kier molecular flexibility index (Phi) is 5.13. The van der Waals surface area contributed by atoms with Gasteiger partial charge in [0.1, 0.15) is 0 Å². The van der Waals surface area contributed by atoms with Gasteiger partial charge in [-0.1, -0.05) is 50.4 Å².